The molecule has 0 aliphatic heterocycles. The summed E-state index contributed by atoms with van der Waals surface area (Å²) in [6, 6.07) is 7.25. The molecule has 0 aromatic carbocycles. The molecular weight excluding hydrogens is 224 g/mol. The monoisotopic (exact) mass is 234 g/mol. The highest BCUT2D eigenvalue weighted by atomic mass is 35.5. The van der Waals surface area contributed by atoms with E-state index < -0.39 is 0 Å². The Labute approximate surface area is 98.5 Å². The second-order valence-electron chi connectivity index (χ2n) is 3.28. The van der Waals surface area contributed by atoms with Crippen LogP contribution in [0.3, 0.4) is 0 Å². The van der Waals surface area contributed by atoms with E-state index in [-0.39, 0.29) is 0 Å². The van der Waals surface area contributed by atoms with Gasteiger partial charge in [-0.25, -0.2) is 9.97 Å². The van der Waals surface area contributed by atoms with E-state index in [1.54, 1.807) is 30.6 Å². The molecule has 0 saturated heterocycles. The van der Waals surface area contributed by atoms with Gasteiger partial charge in [0.2, 0.25) is 0 Å². The zero-order chi connectivity index (χ0) is 11.4. The van der Waals surface area contributed by atoms with Gasteiger partial charge in [0.15, 0.2) is 0 Å². The Morgan fingerprint density at radius 2 is 2.12 bits per heavy atom. The number of nitrogens with one attached hydrogen (secondary N) is 1. The Kier molecular flexibility index (Phi) is 3.22. The van der Waals surface area contributed by atoms with Gasteiger partial charge in [-0.3, -0.25) is 0 Å². The van der Waals surface area contributed by atoms with E-state index >= 15 is 0 Å². The van der Waals surface area contributed by atoms with E-state index in [1.165, 1.54) is 0 Å². The number of halogens is 1. The van der Waals surface area contributed by atoms with E-state index in [0.29, 0.717) is 23.2 Å². The first kappa shape index (κ1) is 10.7. The molecule has 2 aromatic rings. The van der Waals surface area contributed by atoms with Gasteiger partial charge in [0.25, 0.3) is 0 Å². The molecule has 0 bridgehead atoms. The topological polar surface area (TPSA) is 63.8 Å². The molecule has 82 valence electrons. The average molecular weight is 235 g/mol. The van der Waals surface area contributed by atoms with Gasteiger partial charge in [-0.05, 0) is 23.8 Å². The summed E-state index contributed by atoms with van der Waals surface area (Å²) in [5.74, 6) is 0.678. The second-order valence-corrected chi connectivity index (χ2v) is 3.67. The minimum absolute atomic E-state index is 0.487. The smallest absolute Gasteiger partial charge is 0.149 e. The van der Waals surface area contributed by atoms with Crippen molar-refractivity contribution >= 4 is 23.1 Å². The number of hydrogen-bond acceptors (Lipinski definition) is 4. The van der Waals surface area contributed by atoms with E-state index in [9.17, 15) is 0 Å². The van der Waals surface area contributed by atoms with Crippen LogP contribution in [0.1, 0.15) is 5.56 Å². The molecule has 0 aliphatic rings. The summed E-state index contributed by atoms with van der Waals surface area (Å²) in [5, 5.41) is 3.62. The zero-order valence-electron chi connectivity index (χ0n) is 8.52. The normalized spacial score (nSPS) is 10.1. The molecule has 0 fully saturated rings. The van der Waals surface area contributed by atoms with Crippen molar-refractivity contribution in [3.05, 3.63) is 47.4 Å². The third kappa shape index (κ3) is 2.61. The van der Waals surface area contributed by atoms with Crippen molar-refractivity contribution in [1.29, 1.82) is 0 Å². The lowest BCUT2D eigenvalue weighted by atomic mass is 10.3. The molecule has 5 heteroatoms. The first-order chi connectivity index (χ1) is 7.75. The van der Waals surface area contributed by atoms with Crippen LogP contribution in [-0.2, 0) is 6.54 Å². The minimum atomic E-state index is 0.487. The van der Waals surface area contributed by atoms with Crippen LogP contribution in [0, 0.1) is 0 Å². The van der Waals surface area contributed by atoms with Crippen LogP contribution in [0.5, 0.6) is 0 Å². The molecule has 0 amide bonds. The van der Waals surface area contributed by atoms with Crippen LogP contribution >= 0.6 is 11.6 Å². The summed E-state index contributed by atoms with van der Waals surface area (Å²) in [6.45, 7) is 0.616. The van der Waals surface area contributed by atoms with Crippen molar-refractivity contribution < 1.29 is 0 Å². The van der Waals surface area contributed by atoms with E-state index in [1.807, 2.05) is 6.07 Å². The third-order valence-corrected chi connectivity index (χ3v) is 2.31. The standard InChI is InChI=1S/C11H11ClN4/c12-10-4-3-8(6-15-10)7-16-11-9(13)2-1-5-14-11/h1-6H,7,13H2,(H,14,16). The zero-order valence-corrected chi connectivity index (χ0v) is 9.28. The molecule has 0 spiro atoms. The molecule has 3 N–H and O–H groups in total. The molecule has 2 heterocycles. The summed E-state index contributed by atoms with van der Waals surface area (Å²) >= 11 is 5.69. The SMILES string of the molecule is Nc1cccnc1NCc1ccc(Cl)nc1. The van der Waals surface area contributed by atoms with Crippen LogP contribution in [0.2, 0.25) is 5.15 Å². The molecule has 0 radical (unpaired) electrons. The molecule has 0 saturated carbocycles. The highest BCUT2D eigenvalue weighted by Gasteiger charge is 1.99. The Morgan fingerprint density at radius 1 is 1.25 bits per heavy atom. The van der Waals surface area contributed by atoms with Gasteiger partial charge in [0.1, 0.15) is 11.0 Å². The summed E-state index contributed by atoms with van der Waals surface area (Å²) in [6.07, 6.45) is 3.41. The number of nitrogen functional groups attached to an aromatic ring is 1. The summed E-state index contributed by atoms with van der Waals surface area (Å²) in [4.78, 5) is 8.12. The molecule has 2 rings (SSSR count). The maximum Gasteiger partial charge on any atom is 0.149 e. The number of hydrogen-bond donors (Lipinski definition) is 2. The van der Waals surface area contributed by atoms with Crippen LogP contribution < -0.4 is 11.1 Å². The summed E-state index contributed by atoms with van der Waals surface area (Å²) in [5.41, 5.74) is 7.40. The lowest BCUT2D eigenvalue weighted by molar-refractivity contribution is 1.09. The number of anilines is 2. The first-order valence-corrected chi connectivity index (χ1v) is 5.18. The maximum absolute atomic E-state index is 5.75. The number of rotatable bonds is 3. The lowest BCUT2D eigenvalue weighted by Crippen LogP contribution is -2.04. The van der Waals surface area contributed by atoms with Crippen LogP contribution in [0.4, 0.5) is 11.5 Å². The number of nitrogens with two attached hydrogens (primary N) is 1. The van der Waals surface area contributed by atoms with Crippen molar-refractivity contribution in [2.75, 3.05) is 11.1 Å². The minimum Gasteiger partial charge on any atom is -0.396 e. The predicted octanol–water partition coefficient (Wildman–Crippen LogP) is 2.32. The van der Waals surface area contributed by atoms with E-state index in [2.05, 4.69) is 15.3 Å². The third-order valence-electron chi connectivity index (χ3n) is 2.09. The molecule has 0 aliphatic carbocycles. The Hall–Kier alpha value is -1.81. The van der Waals surface area contributed by atoms with Crippen LogP contribution in [-0.4, -0.2) is 9.97 Å². The fraction of sp³-hybridized carbons (Fsp3) is 0.0909. The highest BCUT2D eigenvalue weighted by Crippen LogP contribution is 2.14. The maximum atomic E-state index is 5.75. The molecule has 0 atom stereocenters. The van der Waals surface area contributed by atoms with Gasteiger partial charge in [0.05, 0.1) is 5.69 Å². The Bertz CT molecular complexity index is 470. The van der Waals surface area contributed by atoms with Gasteiger partial charge >= 0.3 is 0 Å². The molecule has 4 nitrogen and oxygen atoms in total. The lowest BCUT2D eigenvalue weighted by Gasteiger charge is -2.07. The number of pyridine rings is 2. The highest BCUT2D eigenvalue weighted by molar-refractivity contribution is 6.29. The number of nitrogens with zero attached hydrogens (tertiary/aromatic N) is 2. The Balaban J connectivity index is 2.02. The largest absolute Gasteiger partial charge is 0.396 e. The summed E-state index contributed by atoms with van der Waals surface area (Å²) in [7, 11) is 0. The van der Waals surface area contributed by atoms with Gasteiger partial charge in [0, 0.05) is 18.9 Å². The fourth-order valence-electron chi connectivity index (χ4n) is 1.26. The van der Waals surface area contributed by atoms with Gasteiger partial charge in [-0.1, -0.05) is 17.7 Å². The van der Waals surface area contributed by atoms with Crippen molar-refractivity contribution in [1.82, 2.24) is 9.97 Å². The molecule has 16 heavy (non-hydrogen) atoms. The second kappa shape index (κ2) is 4.81. The van der Waals surface area contributed by atoms with Crippen molar-refractivity contribution in [3.8, 4) is 0 Å². The van der Waals surface area contributed by atoms with Gasteiger partial charge < -0.3 is 11.1 Å². The first-order valence-electron chi connectivity index (χ1n) is 4.80. The molecular formula is C11H11ClN4. The van der Waals surface area contributed by atoms with Gasteiger partial charge in [-0.15, -0.1) is 0 Å². The van der Waals surface area contributed by atoms with Crippen LogP contribution in [0.15, 0.2) is 36.7 Å². The van der Waals surface area contributed by atoms with Crippen molar-refractivity contribution in [2.24, 2.45) is 0 Å². The molecule has 2 aromatic heterocycles. The van der Waals surface area contributed by atoms with E-state index in [4.69, 9.17) is 17.3 Å². The predicted molar refractivity (Wildman–Crippen MR) is 65.2 cm³/mol. The van der Waals surface area contributed by atoms with Crippen LogP contribution in [0.25, 0.3) is 0 Å². The van der Waals surface area contributed by atoms with Crippen molar-refractivity contribution in [2.45, 2.75) is 6.54 Å². The van der Waals surface area contributed by atoms with Gasteiger partial charge in [-0.2, -0.15) is 0 Å². The summed E-state index contributed by atoms with van der Waals surface area (Å²) < 4.78 is 0. The Morgan fingerprint density at radius 3 is 2.81 bits per heavy atom. The number of aromatic nitrogens is 2. The fourth-order valence-corrected chi connectivity index (χ4v) is 1.37. The van der Waals surface area contributed by atoms with Crippen molar-refractivity contribution in [3.63, 3.8) is 0 Å². The molecule has 0 unspecified atom stereocenters. The van der Waals surface area contributed by atoms with E-state index in [0.717, 1.165) is 5.56 Å². The quantitative estimate of drug-likeness (QED) is 0.800. The average Bonchev–Trinajstić information content (AvgIpc) is 2.30.